The number of alkyl halides is 2. The summed E-state index contributed by atoms with van der Waals surface area (Å²) in [5, 5.41) is 0. The average molecular weight is 300 g/mol. The lowest BCUT2D eigenvalue weighted by Crippen LogP contribution is -2.43. The molecule has 1 fully saturated rings. The molecule has 0 aromatic heterocycles. The number of hydrogen-bond donors (Lipinski definition) is 0. The van der Waals surface area contributed by atoms with Crippen molar-refractivity contribution < 1.29 is 31.3 Å². The van der Waals surface area contributed by atoms with Crippen molar-refractivity contribution in [3.05, 3.63) is 0 Å². The summed E-state index contributed by atoms with van der Waals surface area (Å²) >= 11 is 0. The Morgan fingerprint density at radius 1 is 1.47 bits per heavy atom. The lowest BCUT2D eigenvalue weighted by atomic mass is 10.2. The Labute approximate surface area is 110 Å². The molecule has 1 heterocycles. The number of carbonyl (C=O) groups is 1. The summed E-state index contributed by atoms with van der Waals surface area (Å²) in [7, 11) is -4.70. The first kappa shape index (κ1) is 16.1. The van der Waals surface area contributed by atoms with Crippen molar-refractivity contribution in [1.82, 2.24) is 4.90 Å². The third-order valence-corrected chi connectivity index (χ3v) is 3.19. The summed E-state index contributed by atoms with van der Waals surface area (Å²) < 4.78 is 63.5. The normalized spacial score (nSPS) is 23.5. The predicted molar refractivity (Wildman–Crippen MR) is 60.9 cm³/mol. The summed E-state index contributed by atoms with van der Waals surface area (Å²) in [5.41, 5.74) is -0.893. The molecule has 0 bridgehead atoms. The van der Waals surface area contributed by atoms with Crippen LogP contribution >= 0.6 is 0 Å². The second-order valence-corrected chi connectivity index (χ2v) is 7.00. The van der Waals surface area contributed by atoms with Crippen molar-refractivity contribution in [2.45, 2.75) is 44.8 Å². The van der Waals surface area contributed by atoms with E-state index in [-0.39, 0.29) is 0 Å². The monoisotopic (exact) mass is 300 g/mol. The van der Waals surface area contributed by atoms with Crippen molar-refractivity contribution in [1.29, 1.82) is 0 Å². The Hall–Kier alpha value is -0.960. The summed E-state index contributed by atoms with van der Waals surface area (Å²) in [5.74, 6) is -4.26. The standard InChI is InChI=1S/C10H17F2NO5S/c1-9(2,3)18-8(14)13-6-10(11,12)4-7(13)5-19(15,16)17/h7H,4-6H2,1-3H3,(H,15,16,17)/p-1. The van der Waals surface area contributed by atoms with Gasteiger partial charge in [-0.25, -0.2) is 22.0 Å². The number of rotatable bonds is 2. The minimum absolute atomic E-state index is 0.612. The Kier molecular flexibility index (Phi) is 4.12. The summed E-state index contributed by atoms with van der Waals surface area (Å²) in [6, 6.07) is -1.35. The van der Waals surface area contributed by atoms with Crippen LogP contribution in [0, 0.1) is 0 Å². The highest BCUT2D eigenvalue weighted by molar-refractivity contribution is 7.85. The van der Waals surface area contributed by atoms with E-state index in [1.54, 1.807) is 20.8 Å². The van der Waals surface area contributed by atoms with Crippen LogP contribution in [0.15, 0.2) is 0 Å². The molecular formula is C10H16F2NO5S-. The third-order valence-electron chi connectivity index (χ3n) is 2.40. The van der Waals surface area contributed by atoms with Crippen molar-refractivity contribution >= 4 is 16.2 Å². The zero-order chi connectivity index (χ0) is 15.1. The van der Waals surface area contributed by atoms with Crippen LogP contribution < -0.4 is 0 Å². The van der Waals surface area contributed by atoms with E-state index >= 15 is 0 Å². The zero-order valence-corrected chi connectivity index (χ0v) is 11.7. The van der Waals surface area contributed by atoms with Gasteiger partial charge in [-0.2, -0.15) is 0 Å². The van der Waals surface area contributed by atoms with Gasteiger partial charge in [-0.15, -0.1) is 0 Å². The van der Waals surface area contributed by atoms with E-state index in [4.69, 9.17) is 4.74 Å². The Bertz CT molecular complexity index is 457. The molecule has 1 rings (SSSR count). The number of ether oxygens (including phenoxy) is 1. The van der Waals surface area contributed by atoms with Crippen molar-refractivity contribution in [3.63, 3.8) is 0 Å². The first-order valence-corrected chi connectivity index (χ1v) is 7.18. The molecule has 0 aromatic carbocycles. The predicted octanol–water partition coefficient (Wildman–Crippen LogP) is 1.18. The molecule has 19 heavy (non-hydrogen) atoms. The lowest BCUT2D eigenvalue weighted by Gasteiger charge is -2.28. The molecule has 1 aliphatic rings. The summed E-state index contributed by atoms with van der Waals surface area (Å²) in [4.78, 5) is 12.3. The van der Waals surface area contributed by atoms with E-state index in [1.807, 2.05) is 0 Å². The molecule has 0 N–H and O–H groups in total. The van der Waals surface area contributed by atoms with Crippen LogP contribution in [0.5, 0.6) is 0 Å². The summed E-state index contributed by atoms with van der Waals surface area (Å²) in [6.45, 7) is 3.72. The molecule has 112 valence electrons. The fourth-order valence-corrected chi connectivity index (χ4v) is 2.59. The van der Waals surface area contributed by atoms with Crippen LogP contribution in [0.3, 0.4) is 0 Å². The molecule has 6 nitrogen and oxygen atoms in total. The van der Waals surface area contributed by atoms with Crippen LogP contribution in [0.4, 0.5) is 13.6 Å². The molecule has 9 heteroatoms. The topological polar surface area (TPSA) is 86.7 Å². The number of likely N-dealkylation sites (tertiary alicyclic amines) is 1. The van der Waals surface area contributed by atoms with E-state index in [2.05, 4.69) is 0 Å². The fraction of sp³-hybridized carbons (Fsp3) is 0.900. The minimum Gasteiger partial charge on any atom is -0.748 e. The van der Waals surface area contributed by atoms with E-state index in [0.717, 1.165) is 0 Å². The molecular weight excluding hydrogens is 284 g/mol. The highest BCUT2D eigenvalue weighted by atomic mass is 32.2. The molecule has 0 aromatic rings. The van der Waals surface area contributed by atoms with Crippen LogP contribution in [-0.4, -0.2) is 53.8 Å². The van der Waals surface area contributed by atoms with Gasteiger partial charge < -0.3 is 9.29 Å². The summed E-state index contributed by atoms with van der Waals surface area (Å²) in [6.07, 6.45) is -1.90. The van der Waals surface area contributed by atoms with E-state index in [1.165, 1.54) is 0 Å². The Morgan fingerprint density at radius 3 is 2.42 bits per heavy atom. The Morgan fingerprint density at radius 2 is 2.00 bits per heavy atom. The van der Waals surface area contributed by atoms with Gasteiger partial charge in [-0.3, -0.25) is 4.90 Å². The number of halogens is 2. The molecule has 0 spiro atoms. The van der Waals surface area contributed by atoms with Crippen molar-refractivity contribution in [2.75, 3.05) is 12.3 Å². The molecule has 1 amide bonds. The van der Waals surface area contributed by atoms with Crippen LogP contribution in [0.25, 0.3) is 0 Å². The van der Waals surface area contributed by atoms with Gasteiger partial charge in [0.1, 0.15) is 5.60 Å². The largest absolute Gasteiger partial charge is 0.748 e. The molecule has 0 radical (unpaired) electrons. The van der Waals surface area contributed by atoms with Crippen molar-refractivity contribution in [3.8, 4) is 0 Å². The zero-order valence-electron chi connectivity index (χ0n) is 10.9. The van der Waals surface area contributed by atoms with Gasteiger partial charge in [-0.05, 0) is 20.8 Å². The maximum absolute atomic E-state index is 13.3. The molecule has 0 saturated carbocycles. The van der Waals surface area contributed by atoms with Gasteiger partial charge in [0.25, 0.3) is 5.92 Å². The van der Waals surface area contributed by atoms with E-state index < -0.39 is 52.5 Å². The highest BCUT2D eigenvalue weighted by Crippen LogP contribution is 2.33. The van der Waals surface area contributed by atoms with Crippen LogP contribution in [0.1, 0.15) is 27.2 Å². The molecule has 1 atom stereocenters. The Balaban J connectivity index is 2.86. The quantitative estimate of drug-likeness (QED) is 0.715. The van der Waals surface area contributed by atoms with Crippen LogP contribution in [0.2, 0.25) is 0 Å². The van der Waals surface area contributed by atoms with Gasteiger partial charge in [0.2, 0.25) is 0 Å². The highest BCUT2D eigenvalue weighted by Gasteiger charge is 2.48. The third kappa shape index (κ3) is 5.27. The first-order chi connectivity index (χ1) is 8.29. The number of amides is 1. The van der Waals surface area contributed by atoms with Gasteiger partial charge >= 0.3 is 6.09 Å². The number of hydrogen-bond acceptors (Lipinski definition) is 5. The van der Waals surface area contributed by atoms with Crippen molar-refractivity contribution in [2.24, 2.45) is 0 Å². The smallest absolute Gasteiger partial charge is 0.410 e. The second kappa shape index (κ2) is 4.86. The number of carbonyl (C=O) groups excluding carboxylic acids is 1. The molecule has 0 aliphatic carbocycles. The first-order valence-electron chi connectivity index (χ1n) is 5.60. The van der Waals surface area contributed by atoms with E-state index in [9.17, 15) is 26.5 Å². The molecule has 1 unspecified atom stereocenters. The molecule has 1 aliphatic heterocycles. The number of nitrogens with zero attached hydrogens (tertiary/aromatic N) is 1. The SMILES string of the molecule is CC(C)(C)OC(=O)N1CC(F)(F)CC1CS(=O)(=O)[O-]. The van der Waals surface area contributed by atoms with Gasteiger partial charge in [-0.1, -0.05) is 0 Å². The average Bonchev–Trinajstić information content (AvgIpc) is 2.34. The van der Waals surface area contributed by atoms with Crippen LogP contribution in [-0.2, 0) is 14.9 Å². The maximum atomic E-state index is 13.3. The van der Waals surface area contributed by atoms with Gasteiger partial charge in [0.05, 0.1) is 28.5 Å². The molecule has 1 saturated heterocycles. The maximum Gasteiger partial charge on any atom is 0.410 e. The second-order valence-electron chi connectivity index (χ2n) is 5.55. The van der Waals surface area contributed by atoms with Gasteiger partial charge in [0.15, 0.2) is 0 Å². The fourth-order valence-electron chi connectivity index (χ4n) is 1.82. The van der Waals surface area contributed by atoms with Gasteiger partial charge in [0, 0.05) is 6.42 Å². The minimum atomic E-state index is -4.70. The van der Waals surface area contributed by atoms with E-state index in [0.29, 0.717) is 4.90 Å². The lowest BCUT2D eigenvalue weighted by molar-refractivity contribution is -0.00229.